The minimum atomic E-state index is -0.0360. The lowest BCUT2D eigenvalue weighted by atomic mass is 10.00. The molecule has 0 bridgehead atoms. The Bertz CT molecular complexity index is 449. The SMILES string of the molecule is CCCc1cccc(C2=C(N)OCC2=O)c1. The number of hydrogen-bond donors (Lipinski definition) is 1. The third-order valence-electron chi connectivity index (χ3n) is 2.64. The summed E-state index contributed by atoms with van der Waals surface area (Å²) < 4.78 is 5.04. The fourth-order valence-electron chi connectivity index (χ4n) is 1.90. The highest BCUT2D eigenvalue weighted by Crippen LogP contribution is 2.24. The largest absolute Gasteiger partial charge is 0.470 e. The second kappa shape index (κ2) is 4.39. The summed E-state index contributed by atoms with van der Waals surface area (Å²) in [7, 11) is 0. The third kappa shape index (κ3) is 1.94. The van der Waals surface area contributed by atoms with Gasteiger partial charge in [-0.15, -0.1) is 0 Å². The Kier molecular flexibility index (Phi) is 2.95. The van der Waals surface area contributed by atoms with Crippen LogP contribution in [-0.2, 0) is 16.0 Å². The predicted molar refractivity (Wildman–Crippen MR) is 62.5 cm³/mol. The zero-order valence-corrected chi connectivity index (χ0v) is 9.32. The van der Waals surface area contributed by atoms with E-state index in [9.17, 15) is 4.79 Å². The van der Waals surface area contributed by atoms with Crippen LogP contribution < -0.4 is 5.73 Å². The molecule has 1 aromatic carbocycles. The van der Waals surface area contributed by atoms with Crippen molar-refractivity contribution in [1.29, 1.82) is 0 Å². The molecule has 3 nitrogen and oxygen atoms in total. The number of Topliss-reactive ketones (excluding diaryl/α,β-unsaturated/α-hetero) is 1. The molecule has 0 spiro atoms. The van der Waals surface area contributed by atoms with E-state index in [-0.39, 0.29) is 18.3 Å². The van der Waals surface area contributed by atoms with Crippen LogP contribution in [0.5, 0.6) is 0 Å². The molecular weight excluding hydrogens is 202 g/mol. The van der Waals surface area contributed by atoms with Crippen molar-refractivity contribution >= 4 is 11.4 Å². The van der Waals surface area contributed by atoms with Gasteiger partial charge in [0.15, 0.2) is 12.5 Å². The van der Waals surface area contributed by atoms with Gasteiger partial charge < -0.3 is 10.5 Å². The van der Waals surface area contributed by atoms with E-state index in [0.717, 1.165) is 18.4 Å². The zero-order valence-electron chi connectivity index (χ0n) is 9.32. The molecule has 2 rings (SSSR count). The predicted octanol–water partition coefficient (Wildman–Crippen LogP) is 1.87. The maximum atomic E-state index is 11.6. The standard InChI is InChI=1S/C13H15NO2/c1-2-4-9-5-3-6-10(7-9)12-11(15)8-16-13(12)14/h3,5-7H,2,4,8,14H2,1H3. The Labute approximate surface area is 94.9 Å². The molecule has 0 amide bonds. The van der Waals surface area contributed by atoms with Crippen LogP contribution in [0.2, 0.25) is 0 Å². The summed E-state index contributed by atoms with van der Waals surface area (Å²) in [6, 6.07) is 7.92. The number of ether oxygens (including phenoxy) is 1. The van der Waals surface area contributed by atoms with E-state index in [2.05, 4.69) is 13.0 Å². The summed E-state index contributed by atoms with van der Waals surface area (Å²) in [6.45, 7) is 2.20. The topological polar surface area (TPSA) is 52.3 Å². The Morgan fingerprint density at radius 2 is 2.25 bits per heavy atom. The molecule has 84 valence electrons. The number of hydrogen-bond acceptors (Lipinski definition) is 3. The van der Waals surface area contributed by atoms with Crippen molar-refractivity contribution < 1.29 is 9.53 Å². The summed E-state index contributed by atoms with van der Waals surface area (Å²) in [5.74, 6) is 0.213. The minimum Gasteiger partial charge on any atom is -0.470 e. The molecule has 0 atom stereocenters. The Morgan fingerprint density at radius 3 is 2.88 bits per heavy atom. The minimum absolute atomic E-state index is 0.0360. The molecule has 0 fully saturated rings. The van der Waals surface area contributed by atoms with Crippen LogP contribution in [0, 0.1) is 0 Å². The number of carbonyl (C=O) groups is 1. The van der Waals surface area contributed by atoms with Gasteiger partial charge in [-0.1, -0.05) is 37.6 Å². The molecule has 0 unspecified atom stereocenters. The van der Waals surface area contributed by atoms with Crippen LogP contribution in [0.25, 0.3) is 5.57 Å². The first-order chi connectivity index (χ1) is 7.72. The van der Waals surface area contributed by atoms with E-state index in [0.29, 0.717) is 5.57 Å². The lowest BCUT2D eigenvalue weighted by molar-refractivity contribution is -0.115. The summed E-state index contributed by atoms with van der Waals surface area (Å²) in [6.07, 6.45) is 2.10. The average Bonchev–Trinajstić information content (AvgIpc) is 2.59. The number of carbonyl (C=O) groups excluding carboxylic acids is 1. The van der Waals surface area contributed by atoms with E-state index in [1.807, 2.05) is 18.2 Å². The number of rotatable bonds is 3. The molecule has 3 heteroatoms. The molecule has 0 aromatic heterocycles. The average molecular weight is 217 g/mol. The van der Waals surface area contributed by atoms with Crippen molar-refractivity contribution in [2.24, 2.45) is 5.73 Å². The van der Waals surface area contributed by atoms with Gasteiger partial charge in [0.25, 0.3) is 0 Å². The van der Waals surface area contributed by atoms with Gasteiger partial charge in [-0.3, -0.25) is 4.79 Å². The molecule has 1 aliphatic rings. The second-order valence-electron chi connectivity index (χ2n) is 3.90. The molecule has 1 heterocycles. The molecule has 1 aromatic rings. The van der Waals surface area contributed by atoms with Gasteiger partial charge in [0, 0.05) is 0 Å². The highest BCUT2D eigenvalue weighted by atomic mass is 16.5. The van der Waals surface area contributed by atoms with Crippen molar-refractivity contribution in [2.45, 2.75) is 19.8 Å². The molecule has 0 radical (unpaired) electrons. The Morgan fingerprint density at radius 1 is 1.44 bits per heavy atom. The maximum absolute atomic E-state index is 11.6. The van der Waals surface area contributed by atoms with Gasteiger partial charge >= 0.3 is 0 Å². The van der Waals surface area contributed by atoms with E-state index in [1.165, 1.54) is 5.56 Å². The molecule has 1 aliphatic heterocycles. The van der Waals surface area contributed by atoms with Crippen LogP contribution in [0.1, 0.15) is 24.5 Å². The smallest absolute Gasteiger partial charge is 0.206 e. The summed E-state index contributed by atoms with van der Waals surface area (Å²) >= 11 is 0. The van der Waals surface area contributed by atoms with E-state index >= 15 is 0 Å². The van der Waals surface area contributed by atoms with Crippen molar-refractivity contribution in [3.63, 3.8) is 0 Å². The van der Waals surface area contributed by atoms with E-state index in [1.54, 1.807) is 0 Å². The van der Waals surface area contributed by atoms with Gasteiger partial charge in [-0.05, 0) is 17.5 Å². The van der Waals surface area contributed by atoms with Crippen molar-refractivity contribution in [3.05, 3.63) is 41.3 Å². The highest BCUT2D eigenvalue weighted by molar-refractivity contribution is 6.23. The number of ketones is 1. The molecule has 16 heavy (non-hydrogen) atoms. The van der Waals surface area contributed by atoms with Gasteiger partial charge in [-0.25, -0.2) is 0 Å². The molecule has 0 saturated carbocycles. The normalized spacial score (nSPS) is 15.4. The summed E-state index contributed by atoms with van der Waals surface area (Å²) in [5.41, 5.74) is 8.28. The first kappa shape index (κ1) is 10.7. The van der Waals surface area contributed by atoms with E-state index in [4.69, 9.17) is 10.5 Å². The van der Waals surface area contributed by atoms with Crippen LogP contribution in [0.3, 0.4) is 0 Å². The number of aryl methyl sites for hydroxylation is 1. The van der Waals surface area contributed by atoms with Crippen LogP contribution in [0.4, 0.5) is 0 Å². The lowest BCUT2D eigenvalue weighted by Crippen LogP contribution is -2.02. The molecule has 0 saturated heterocycles. The van der Waals surface area contributed by atoms with Crippen LogP contribution in [0.15, 0.2) is 30.1 Å². The highest BCUT2D eigenvalue weighted by Gasteiger charge is 2.24. The molecule has 0 aliphatic carbocycles. The molecule has 2 N–H and O–H groups in total. The maximum Gasteiger partial charge on any atom is 0.206 e. The van der Waals surface area contributed by atoms with Gasteiger partial charge in [0.1, 0.15) is 0 Å². The Hall–Kier alpha value is -1.77. The van der Waals surface area contributed by atoms with Gasteiger partial charge in [-0.2, -0.15) is 0 Å². The fraction of sp³-hybridized carbons (Fsp3) is 0.308. The van der Waals surface area contributed by atoms with Crippen molar-refractivity contribution in [2.75, 3.05) is 6.61 Å². The quantitative estimate of drug-likeness (QED) is 0.840. The van der Waals surface area contributed by atoms with Crippen LogP contribution in [-0.4, -0.2) is 12.4 Å². The van der Waals surface area contributed by atoms with E-state index < -0.39 is 0 Å². The van der Waals surface area contributed by atoms with Crippen molar-refractivity contribution in [3.8, 4) is 0 Å². The Balaban J connectivity index is 2.37. The van der Waals surface area contributed by atoms with Crippen LogP contribution >= 0.6 is 0 Å². The first-order valence-electron chi connectivity index (χ1n) is 5.47. The van der Waals surface area contributed by atoms with Gasteiger partial charge in [0.05, 0.1) is 5.57 Å². The number of nitrogens with two attached hydrogens (primary N) is 1. The third-order valence-corrected chi connectivity index (χ3v) is 2.64. The monoisotopic (exact) mass is 217 g/mol. The van der Waals surface area contributed by atoms with Gasteiger partial charge in [0.2, 0.25) is 5.78 Å². The van der Waals surface area contributed by atoms with Crippen molar-refractivity contribution in [1.82, 2.24) is 0 Å². The summed E-state index contributed by atoms with van der Waals surface area (Å²) in [5, 5.41) is 0. The lowest BCUT2D eigenvalue weighted by Gasteiger charge is -2.04. The molecular formula is C13H15NO2. The first-order valence-corrected chi connectivity index (χ1v) is 5.47. The second-order valence-corrected chi connectivity index (χ2v) is 3.90. The summed E-state index contributed by atoms with van der Waals surface area (Å²) in [4.78, 5) is 11.6. The fourth-order valence-corrected chi connectivity index (χ4v) is 1.90. The number of benzene rings is 1. The zero-order chi connectivity index (χ0) is 11.5.